The topological polar surface area (TPSA) is 205 Å². The molecule has 1 saturated heterocycles. The second-order valence-electron chi connectivity index (χ2n) is 11.0. The van der Waals surface area contributed by atoms with Crippen LogP contribution in [-0.4, -0.2) is 78.8 Å². The Hall–Kier alpha value is -0.470. The third kappa shape index (κ3) is 16.8. The van der Waals surface area contributed by atoms with Gasteiger partial charge in [-0.15, -0.1) is 0 Å². The van der Waals surface area contributed by atoms with Gasteiger partial charge in [0.05, 0.1) is 25.4 Å². The Bertz CT molecular complexity index is 844. The van der Waals surface area contributed by atoms with Gasteiger partial charge in [0.25, 0.3) is 15.6 Å². The van der Waals surface area contributed by atoms with E-state index >= 15 is 0 Å². The minimum atomic E-state index is -4.70. The van der Waals surface area contributed by atoms with E-state index in [1.54, 1.807) is 13.8 Å². The van der Waals surface area contributed by atoms with Crippen molar-refractivity contribution in [1.82, 2.24) is 5.32 Å². The molecule has 1 heterocycles. The molecule has 0 aromatic rings. The molecule has 1 fully saturated rings. The number of hydrogen-bond donors (Lipinski definition) is 3. The molecule has 41 heavy (non-hydrogen) atoms. The lowest BCUT2D eigenvalue weighted by atomic mass is 9.96. The first-order chi connectivity index (χ1) is 19.0. The number of ether oxygens (including phenoxy) is 2. The Morgan fingerprint density at radius 3 is 2.02 bits per heavy atom. The van der Waals surface area contributed by atoms with Gasteiger partial charge in [0.15, 0.2) is 6.29 Å². The van der Waals surface area contributed by atoms with Crippen molar-refractivity contribution in [2.45, 2.75) is 129 Å². The van der Waals surface area contributed by atoms with Gasteiger partial charge in [0.2, 0.25) is 5.91 Å². The van der Waals surface area contributed by atoms with Crippen LogP contribution in [0.4, 0.5) is 0 Å². The number of rotatable bonds is 21. The maximum Gasteiger partial charge on any atom is 0.268 e. The summed E-state index contributed by atoms with van der Waals surface area (Å²) in [5, 5.41) is 24.1. The summed E-state index contributed by atoms with van der Waals surface area (Å²) in [5.41, 5.74) is 0. The van der Waals surface area contributed by atoms with Crippen molar-refractivity contribution < 1.29 is 61.5 Å². The van der Waals surface area contributed by atoms with Gasteiger partial charge in [-0.2, -0.15) is 0 Å². The smallest absolute Gasteiger partial charge is 0.268 e. The summed E-state index contributed by atoms with van der Waals surface area (Å²) in [4.78, 5) is 36.2. The lowest BCUT2D eigenvalue weighted by molar-refractivity contribution is -0.276. The number of aliphatic hydroxyl groups is 2. The molecule has 1 rings (SSSR count). The largest absolute Gasteiger partial charge is 0.756 e. The van der Waals surface area contributed by atoms with Gasteiger partial charge in [-0.3, -0.25) is 13.9 Å². The Morgan fingerprint density at radius 2 is 1.44 bits per heavy atom. The molecule has 3 N–H and O–H groups in total. The number of carbonyl (C=O) groups excluding carboxylic acids is 1. The van der Waals surface area contributed by atoms with E-state index in [4.69, 9.17) is 27.6 Å². The average Bonchev–Trinajstić information content (AvgIpc) is 2.82. The fourth-order valence-electron chi connectivity index (χ4n) is 3.96. The molecular weight excluding hydrogens is 584 g/mol. The molecule has 0 radical (unpaired) electrons. The first-order valence-corrected chi connectivity index (χ1v) is 17.2. The highest BCUT2D eigenvalue weighted by Gasteiger charge is 2.46. The van der Waals surface area contributed by atoms with Crippen molar-refractivity contribution in [3.63, 3.8) is 0 Å². The van der Waals surface area contributed by atoms with E-state index in [1.165, 1.54) is 13.8 Å². The molecule has 7 unspecified atom stereocenters. The first-order valence-electron chi connectivity index (χ1n) is 14.2. The summed E-state index contributed by atoms with van der Waals surface area (Å²) < 4.78 is 54.2. The van der Waals surface area contributed by atoms with Crippen LogP contribution in [0.15, 0.2) is 0 Å². The molecule has 1 aliphatic rings. The van der Waals surface area contributed by atoms with Crippen LogP contribution >= 0.6 is 15.6 Å². The van der Waals surface area contributed by atoms with E-state index < -0.39 is 65.1 Å². The summed E-state index contributed by atoms with van der Waals surface area (Å²) in [5.74, 6) is 0.160. The van der Waals surface area contributed by atoms with Crippen LogP contribution in [0.3, 0.4) is 0 Å². The predicted octanol–water partition coefficient (Wildman–Crippen LogP) is 2.14. The van der Waals surface area contributed by atoms with Crippen molar-refractivity contribution in [1.29, 1.82) is 0 Å². The summed E-state index contributed by atoms with van der Waals surface area (Å²) in [6.45, 7) is 9.73. The number of hydrogen-bond acceptors (Lipinski definition) is 13. The highest BCUT2D eigenvalue weighted by molar-refractivity contribution is 7.46. The Balaban J connectivity index is 2.72. The molecule has 0 bridgehead atoms. The number of nitrogens with one attached hydrogen (secondary N) is 1. The predicted molar refractivity (Wildman–Crippen MR) is 145 cm³/mol. The number of amides is 1. The third-order valence-corrected chi connectivity index (χ3v) is 8.18. The van der Waals surface area contributed by atoms with Crippen LogP contribution in [0.2, 0.25) is 0 Å². The summed E-state index contributed by atoms with van der Waals surface area (Å²) in [7, 11) is -9.06. The average molecular weight is 634 g/mol. The zero-order valence-electron chi connectivity index (χ0n) is 25.0. The maximum absolute atomic E-state index is 12.6. The molecule has 16 heteroatoms. The molecule has 1 amide bonds. The first kappa shape index (κ1) is 38.6. The molecule has 7 atom stereocenters. The normalized spacial score (nSPS) is 26.3. The summed E-state index contributed by atoms with van der Waals surface area (Å²) in [6.07, 6.45) is -2.79. The van der Waals surface area contributed by atoms with Gasteiger partial charge < -0.3 is 52.9 Å². The van der Waals surface area contributed by atoms with E-state index in [0.717, 1.165) is 12.8 Å². The number of phosphoric acid groups is 2. The maximum atomic E-state index is 12.6. The minimum absolute atomic E-state index is 0.0685. The number of phosphoric ester groups is 2. The summed E-state index contributed by atoms with van der Waals surface area (Å²) >= 11 is 0. The second kappa shape index (κ2) is 19.0. The van der Waals surface area contributed by atoms with E-state index in [2.05, 4.69) is 19.2 Å². The highest BCUT2D eigenvalue weighted by Crippen LogP contribution is 2.41. The van der Waals surface area contributed by atoms with Gasteiger partial charge in [0.1, 0.15) is 24.4 Å². The molecule has 0 aliphatic carbocycles. The Labute approximate surface area is 243 Å². The van der Waals surface area contributed by atoms with E-state index in [0.29, 0.717) is 31.6 Å². The number of aliphatic hydroxyl groups excluding tert-OH is 2. The zero-order valence-corrected chi connectivity index (χ0v) is 26.8. The van der Waals surface area contributed by atoms with Gasteiger partial charge >= 0.3 is 0 Å². The third-order valence-electron chi connectivity index (χ3n) is 5.86. The van der Waals surface area contributed by atoms with Crippen molar-refractivity contribution >= 4 is 21.6 Å². The minimum Gasteiger partial charge on any atom is -0.756 e. The molecule has 14 nitrogen and oxygen atoms in total. The highest BCUT2D eigenvalue weighted by atomic mass is 31.2. The van der Waals surface area contributed by atoms with Gasteiger partial charge in [-0.1, -0.05) is 26.7 Å². The Morgan fingerprint density at radius 1 is 0.854 bits per heavy atom. The monoisotopic (exact) mass is 633 g/mol. The SMILES string of the molecule is CC(C)CCCCC(=O)NC1C(OCCCCCOP(=O)([O-])OC(C)C)OC(COP(=O)([O-])OC(C)C)C(O)C1O. The van der Waals surface area contributed by atoms with Crippen LogP contribution < -0.4 is 15.1 Å². The van der Waals surface area contributed by atoms with Crippen LogP contribution in [0.1, 0.15) is 86.5 Å². The quantitative estimate of drug-likeness (QED) is 0.123. The fraction of sp³-hybridized carbons (Fsp3) is 0.960. The van der Waals surface area contributed by atoms with Crippen molar-refractivity contribution in [2.24, 2.45) is 5.92 Å². The van der Waals surface area contributed by atoms with Gasteiger partial charge in [-0.05, 0) is 59.3 Å². The van der Waals surface area contributed by atoms with Crippen molar-refractivity contribution in [3.05, 3.63) is 0 Å². The zero-order chi connectivity index (χ0) is 31.2. The molecule has 0 spiro atoms. The fourth-order valence-corrected chi connectivity index (χ4v) is 5.80. The van der Waals surface area contributed by atoms with Crippen molar-refractivity contribution in [2.75, 3.05) is 19.8 Å². The Kier molecular flexibility index (Phi) is 17.9. The van der Waals surface area contributed by atoms with Gasteiger partial charge in [-0.25, -0.2) is 0 Å². The molecular formula is C25H49NO13P2-2. The molecule has 1 aliphatic heterocycles. The standard InChI is InChI=1S/C25H51NO13P2/c1-17(2)12-8-9-13-21(27)26-22-24(29)23(28)20(16-36-41(32,33)39-19(5)6)37-25(22)34-14-10-7-11-15-35-40(30,31)38-18(3)4/h17-20,22-25,28-29H,7-16H2,1-6H3,(H,26,27)(H,30,31)(H,32,33)/p-2. The summed E-state index contributed by atoms with van der Waals surface area (Å²) in [6, 6.07) is -1.13. The molecule has 0 aromatic heterocycles. The molecule has 0 aromatic carbocycles. The lowest BCUT2D eigenvalue weighted by Crippen LogP contribution is -2.64. The van der Waals surface area contributed by atoms with Crippen LogP contribution in [0, 0.1) is 5.92 Å². The molecule has 0 saturated carbocycles. The number of unbranched alkanes of at least 4 members (excludes halogenated alkanes) is 3. The lowest BCUT2D eigenvalue weighted by Gasteiger charge is -2.43. The van der Waals surface area contributed by atoms with E-state index in [1.807, 2.05) is 0 Å². The van der Waals surface area contributed by atoms with Gasteiger partial charge in [0, 0.05) is 13.0 Å². The van der Waals surface area contributed by atoms with E-state index in [9.17, 15) is 33.9 Å². The van der Waals surface area contributed by atoms with Crippen LogP contribution in [0.25, 0.3) is 0 Å². The van der Waals surface area contributed by atoms with Crippen LogP contribution in [-0.2, 0) is 41.5 Å². The molecule has 244 valence electrons. The van der Waals surface area contributed by atoms with E-state index in [-0.39, 0.29) is 25.5 Å². The second-order valence-corrected chi connectivity index (χ2v) is 13.7. The van der Waals surface area contributed by atoms with Crippen LogP contribution in [0.5, 0.6) is 0 Å². The van der Waals surface area contributed by atoms with Crippen molar-refractivity contribution in [3.8, 4) is 0 Å². The number of carbonyl (C=O) groups is 1.